The normalized spacial score (nSPS) is 28.0. The zero-order valence-corrected chi connectivity index (χ0v) is 13.0. The van der Waals surface area contributed by atoms with E-state index in [0.717, 1.165) is 19.3 Å². The largest absolute Gasteiger partial charge is 0.481 e. The van der Waals surface area contributed by atoms with Crippen molar-refractivity contribution in [1.29, 1.82) is 0 Å². The first-order valence-electron chi connectivity index (χ1n) is 8.15. The van der Waals surface area contributed by atoms with Crippen molar-refractivity contribution in [2.45, 2.75) is 46.0 Å². The first kappa shape index (κ1) is 16.1. The topological polar surface area (TPSA) is 66.4 Å². The van der Waals surface area contributed by atoms with Gasteiger partial charge >= 0.3 is 5.97 Å². The van der Waals surface area contributed by atoms with Crippen LogP contribution in [0.1, 0.15) is 46.0 Å². The minimum Gasteiger partial charge on any atom is -0.481 e. The third-order valence-corrected chi connectivity index (χ3v) is 5.10. The molecular formula is C17H27NO3. The number of fused-ring (bicyclic) bond motifs is 2. The molecule has 118 valence electrons. The fraction of sp³-hybridized carbons (Fsp3) is 0.765. The van der Waals surface area contributed by atoms with Crippen molar-refractivity contribution in [3.63, 3.8) is 0 Å². The Morgan fingerprint density at radius 3 is 2.52 bits per heavy atom. The predicted molar refractivity (Wildman–Crippen MR) is 81.7 cm³/mol. The van der Waals surface area contributed by atoms with Crippen molar-refractivity contribution >= 4 is 11.9 Å². The van der Waals surface area contributed by atoms with Crippen LogP contribution in [0.5, 0.6) is 0 Å². The molecule has 4 unspecified atom stereocenters. The smallest absolute Gasteiger partial charge is 0.303 e. The number of aliphatic carboxylic acids is 1. The van der Waals surface area contributed by atoms with Crippen molar-refractivity contribution in [3.05, 3.63) is 12.2 Å². The van der Waals surface area contributed by atoms with Crippen molar-refractivity contribution in [2.24, 2.45) is 29.6 Å². The molecule has 1 fully saturated rings. The van der Waals surface area contributed by atoms with Crippen molar-refractivity contribution in [3.8, 4) is 0 Å². The number of hydrogen-bond acceptors (Lipinski definition) is 2. The quantitative estimate of drug-likeness (QED) is 0.676. The van der Waals surface area contributed by atoms with Gasteiger partial charge in [-0.2, -0.15) is 0 Å². The number of amides is 1. The summed E-state index contributed by atoms with van der Waals surface area (Å²) in [5, 5.41) is 11.8. The van der Waals surface area contributed by atoms with Crippen molar-refractivity contribution < 1.29 is 14.7 Å². The van der Waals surface area contributed by atoms with Gasteiger partial charge in [-0.25, -0.2) is 0 Å². The summed E-state index contributed by atoms with van der Waals surface area (Å²) in [7, 11) is 0. The molecule has 2 rings (SSSR count). The molecule has 21 heavy (non-hydrogen) atoms. The van der Waals surface area contributed by atoms with Crippen LogP contribution in [0.15, 0.2) is 12.2 Å². The first-order chi connectivity index (χ1) is 9.97. The second kappa shape index (κ2) is 7.10. The van der Waals surface area contributed by atoms with Crippen LogP contribution in [-0.2, 0) is 9.59 Å². The van der Waals surface area contributed by atoms with Crippen LogP contribution in [0.3, 0.4) is 0 Å². The second-order valence-electron chi connectivity index (χ2n) is 6.90. The fourth-order valence-corrected chi connectivity index (χ4v) is 3.71. The number of carboxylic acid groups (broad SMARTS) is 1. The summed E-state index contributed by atoms with van der Waals surface area (Å²) in [4.78, 5) is 22.9. The molecular weight excluding hydrogens is 266 g/mol. The minimum atomic E-state index is -0.738. The zero-order valence-electron chi connectivity index (χ0n) is 13.0. The average molecular weight is 293 g/mol. The van der Waals surface area contributed by atoms with Gasteiger partial charge in [0.05, 0.1) is 0 Å². The molecule has 2 aliphatic carbocycles. The third-order valence-electron chi connectivity index (χ3n) is 5.10. The summed E-state index contributed by atoms with van der Waals surface area (Å²) in [5.41, 5.74) is 0. The Labute approximate surface area is 127 Å². The summed E-state index contributed by atoms with van der Waals surface area (Å²) < 4.78 is 0. The standard InChI is InChI=1S/C17H27NO3/c1-11(2)13(5-6-16(19)20)7-8-18-17(21)15-10-12-3-4-14(15)9-12/h3-4,11-15H,5-10H2,1-2H3,(H,18,21)(H,19,20). The lowest BCUT2D eigenvalue weighted by Crippen LogP contribution is -2.34. The molecule has 2 N–H and O–H groups in total. The van der Waals surface area contributed by atoms with E-state index in [4.69, 9.17) is 5.11 Å². The molecule has 2 aliphatic rings. The van der Waals surface area contributed by atoms with Crippen LogP contribution in [0.2, 0.25) is 0 Å². The molecule has 0 aliphatic heterocycles. The number of carboxylic acids is 1. The lowest BCUT2D eigenvalue weighted by atomic mass is 9.88. The predicted octanol–water partition coefficient (Wildman–Crippen LogP) is 2.84. The molecule has 4 atom stereocenters. The summed E-state index contributed by atoms with van der Waals surface area (Å²) in [6.07, 6.45) is 8.36. The number of nitrogens with one attached hydrogen (secondary N) is 1. The maximum Gasteiger partial charge on any atom is 0.303 e. The third kappa shape index (κ3) is 4.32. The van der Waals surface area contributed by atoms with E-state index in [9.17, 15) is 9.59 Å². The van der Waals surface area contributed by atoms with Gasteiger partial charge in [-0.15, -0.1) is 0 Å². The summed E-state index contributed by atoms with van der Waals surface area (Å²) in [6, 6.07) is 0. The molecule has 4 nitrogen and oxygen atoms in total. The van der Waals surface area contributed by atoms with Gasteiger partial charge in [0.15, 0.2) is 0 Å². The van der Waals surface area contributed by atoms with E-state index < -0.39 is 5.97 Å². The SMILES string of the molecule is CC(C)C(CCNC(=O)C1CC2C=CC1C2)CCC(=O)O. The lowest BCUT2D eigenvalue weighted by molar-refractivity contribution is -0.137. The van der Waals surface area contributed by atoms with E-state index in [1.54, 1.807) is 0 Å². The molecule has 0 radical (unpaired) electrons. The van der Waals surface area contributed by atoms with Crippen LogP contribution < -0.4 is 5.32 Å². The molecule has 0 spiro atoms. The molecule has 0 heterocycles. The Hall–Kier alpha value is -1.32. The van der Waals surface area contributed by atoms with Gasteiger partial charge in [0, 0.05) is 18.9 Å². The van der Waals surface area contributed by atoms with Gasteiger partial charge < -0.3 is 10.4 Å². The fourth-order valence-electron chi connectivity index (χ4n) is 3.71. The monoisotopic (exact) mass is 293 g/mol. The summed E-state index contributed by atoms with van der Waals surface area (Å²) >= 11 is 0. The number of hydrogen-bond donors (Lipinski definition) is 2. The molecule has 0 aromatic heterocycles. The van der Waals surface area contributed by atoms with Crippen molar-refractivity contribution in [1.82, 2.24) is 5.32 Å². The number of carbonyl (C=O) groups excluding carboxylic acids is 1. The van der Waals surface area contributed by atoms with E-state index in [-0.39, 0.29) is 18.2 Å². The highest BCUT2D eigenvalue weighted by atomic mass is 16.4. The van der Waals surface area contributed by atoms with E-state index in [2.05, 4.69) is 31.3 Å². The van der Waals surface area contributed by atoms with E-state index >= 15 is 0 Å². The molecule has 0 aromatic rings. The van der Waals surface area contributed by atoms with E-state index in [1.165, 1.54) is 0 Å². The summed E-state index contributed by atoms with van der Waals surface area (Å²) in [5.74, 6) is 1.49. The van der Waals surface area contributed by atoms with E-state index in [1.807, 2.05) is 0 Å². The molecule has 4 heteroatoms. The van der Waals surface area contributed by atoms with Gasteiger partial charge in [0.2, 0.25) is 5.91 Å². The highest BCUT2D eigenvalue weighted by Crippen LogP contribution is 2.43. The molecule has 1 amide bonds. The number of carbonyl (C=O) groups is 2. The first-order valence-corrected chi connectivity index (χ1v) is 8.15. The maximum atomic E-state index is 12.2. The Morgan fingerprint density at radius 2 is 2.00 bits per heavy atom. The Balaban J connectivity index is 1.70. The highest BCUT2D eigenvalue weighted by Gasteiger charge is 2.39. The van der Waals surface area contributed by atoms with Gasteiger partial charge in [0.1, 0.15) is 0 Å². The average Bonchev–Trinajstić information content (AvgIpc) is 3.04. The zero-order chi connectivity index (χ0) is 15.4. The number of rotatable bonds is 8. The van der Waals surface area contributed by atoms with Crippen LogP contribution >= 0.6 is 0 Å². The van der Waals surface area contributed by atoms with Crippen LogP contribution in [-0.4, -0.2) is 23.5 Å². The Bertz CT molecular complexity index is 416. The van der Waals surface area contributed by atoms with Gasteiger partial charge in [0.25, 0.3) is 0 Å². The van der Waals surface area contributed by atoms with Crippen LogP contribution in [0, 0.1) is 29.6 Å². The molecule has 2 bridgehead atoms. The second-order valence-corrected chi connectivity index (χ2v) is 6.90. The number of allylic oxidation sites excluding steroid dienone is 2. The molecule has 1 saturated carbocycles. The Kier molecular flexibility index (Phi) is 5.43. The highest BCUT2D eigenvalue weighted by molar-refractivity contribution is 5.79. The van der Waals surface area contributed by atoms with E-state index in [0.29, 0.717) is 36.6 Å². The van der Waals surface area contributed by atoms with Gasteiger partial charge in [-0.1, -0.05) is 26.0 Å². The van der Waals surface area contributed by atoms with Crippen LogP contribution in [0.4, 0.5) is 0 Å². The van der Waals surface area contributed by atoms with Crippen molar-refractivity contribution in [2.75, 3.05) is 6.54 Å². The minimum absolute atomic E-state index is 0.163. The Morgan fingerprint density at radius 1 is 1.24 bits per heavy atom. The lowest BCUT2D eigenvalue weighted by Gasteiger charge is -2.22. The van der Waals surface area contributed by atoms with Crippen LogP contribution in [0.25, 0.3) is 0 Å². The van der Waals surface area contributed by atoms with Gasteiger partial charge in [-0.05, 0) is 49.4 Å². The maximum absolute atomic E-state index is 12.2. The summed E-state index contributed by atoms with van der Waals surface area (Å²) in [6.45, 7) is 4.91. The molecule has 0 saturated heterocycles. The van der Waals surface area contributed by atoms with Gasteiger partial charge in [-0.3, -0.25) is 9.59 Å². The molecule has 0 aromatic carbocycles.